The second kappa shape index (κ2) is 8.52. The van der Waals surface area contributed by atoms with Crippen LogP contribution in [0.4, 0.5) is 4.79 Å². The largest absolute Gasteiger partial charge is 0.493 e. The van der Waals surface area contributed by atoms with Crippen molar-refractivity contribution in [2.75, 3.05) is 20.3 Å². The first-order valence-corrected chi connectivity index (χ1v) is 10.8. The van der Waals surface area contributed by atoms with Gasteiger partial charge in [-0.05, 0) is 73.0 Å². The van der Waals surface area contributed by atoms with Crippen molar-refractivity contribution in [1.82, 2.24) is 4.90 Å². The Balaban J connectivity index is 1.97. The number of methoxy groups -OCH3 is 1. The van der Waals surface area contributed by atoms with Crippen LogP contribution in [0.15, 0.2) is 34.8 Å². The lowest BCUT2D eigenvalue weighted by molar-refractivity contribution is 0.0605. The van der Waals surface area contributed by atoms with Crippen molar-refractivity contribution in [3.63, 3.8) is 0 Å². The number of hydrogen-bond acceptors (Lipinski definition) is 3. The maximum atomic E-state index is 12.1. The van der Waals surface area contributed by atoms with Crippen LogP contribution < -0.4 is 4.74 Å². The Kier molecular flexibility index (Phi) is 6.44. The summed E-state index contributed by atoms with van der Waals surface area (Å²) < 4.78 is 12.2. The number of halogens is 1. The predicted molar refractivity (Wildman–Crippen MR) is 119 cm³/mol. The molecule has 0 aromatic heterocycles. The van der Waals surface area contributed by atoms with Gasteiger partial charge in [0.15, 0.2) is 0 Å². The number of amides is 1. The molecular formula is C23H30BrNO4. The standard InChI is InChI=1S/C23H30BrNO4/c1-22(2,3)25(21(26)27)23(10-11-23)15-16-14-19(29-13-7-12-28-4)17-8-5-6-9-18(17)20(16)24/h5-6,8-9,14H,7,10-13,15H2,1-4H3,(H,26,27). The maximum Gasteiger partial charge on any atom is 0.408 e. The van der Waals surface area contributed by atoms with Crippen LogP contribution in [0.25, 0.3) is 10.8 Å². The summed E-state index contributed by atoms with van der Waals surface area (Å²) in [6.45, 7) is 7.11. The summed E-state index contributed by atoms with van der Waals surface area (Å²) in [4.78, 5) is 13.7. The van der Waals surface area contributed by atoms with Crippen LogP contribution in [-0.2, 0) is 11.2 Å². The van der Waals surface area contributed by atoms with E-state index in [1.807, 2.05) is 32.9 Å². The molecule has 0 heterocycles. The number of carbonyl (C=O) groups is 1. The zero-order chi connectivity index (χ0) is 21.2. The summed E-state index contributed by atoms with van der Waals surface area (Å²) in [5.41, 5.74) is 0.270. The van der Waals surface area contributed by atoms with E-state index in [1.165, 1.54) is 0 Å². The summed E-state index contributed by atoms with van der Waals surface area (Å²) in [7, 11) is 1.69. The zero-order valence-electron chi connectivity index (χ0n) is 17.6. The van der Waals surface area contributed by atoms with Gasteiger partial charge >= 0.3 is 6.09 Å². The van der Waals surface area contributed by atoms with Gasteiger partial charge in [0.2, 0.25) is 0 Å². The van der Waals surface area contributed by atoms with Crippen molar-refractivity contribution in [1.29, 1.82) is 0 Å². The number of benzene rings is 2. The predicted octanol–water partition coefficient (Wildman–Crippen LogP) is 5.87. The van der Waals surface area contributed by atoms with Gasteiger partial charge in [0.25, 0.3) is 0 Å². The lowest BCUT2D eigenvalue weighted by Gasteiger charge is -2.40. The molecule has 1 amide bonds. The molecule has 158 valence electrons. The van der Waals surface area contributed by atoms with Gasteiger partial charge in [-0.25, -0.2) is 4.79 Å². The summed E-state index contributed by atoms with van der Waals surface area (Å²) in [5, 5.41) is 12.0. The average Bonchev–Trinajstić information content (AvgIpc) is 3.40. The Morgan fingerprint density at radius 3 is 2.41 bits per heavy atom. The lowest BCUT2D eigenvalue weighted by atomic mass is 9.95. The minimum Gasteiger partial charge on any atom is -0.493 e. The monoisotopic (exact) mass is 463 g/mol. The number of ether oxygens (including phenoxy) is 2. The molecule has 0 saturated heterocycles. The summed E-state index contributed by atoms with van der Waals surface area (Å²) in [6, 6.07) is 10.2. The van der Waals surface area contributed by atoms with Gasteiger partial charge in [-0.2, -0.15) is 0 Å². The molecule has 1 saturated carbocycles. The van der Waals surface area contributed by atoms with E-state index >= 15 is 0 Å². The van der Waals surface area contributed by atoms with Crippen LogP contribution in [-0.4, -0.2) is 47.5 Å². The SMILES string of the molecule is COCCCOc1cc(CC2(N(C(=O)O)C(C)(C)C)CC2)c(Br)c2ccccc12. The Labute approximate surface area is 181 Å². The Bertz CT molecular complexity index is 886. The topological polar surface area (TPSA) is 59.0 Å². The highest BCUT2D eigenvalue weighted by Crippen LogP contribution is 2.49. The number of nitrogens with zero attached hydrogens (tertiary/aromatic N) is 1. The third-order valence-electron chi connectivity index (χ3n) is 5.45. The van der Waals surface area contributed by atoms with E-state index in [2.05, 4.69) is 34.1 Å². The van der Waals surface area contributed by atoms with Crippen LogP contribution in [0.3, 0.4) is 0 Å². The smallest absolute Gasteiger partial charge is 0.408 e. The van der Waals surface area contributed by atoms with Crippen molar-refractivity contribution < 1.29 is 19.4 Å². The van der Waals surface area contributed by atoms with E-state index in [0.717, 1.165) is 45.8 Å². The normalized spacial score (nSPS) is 15.3. The second-order valence-corrected chi connectivity index (χ2v) is 9.57. The first kappa shape index (κ1) is 21.9. The fourth-order valence-electron chi connectivity index (χ4n) is 4.17. The molecule has 0 spiro atoms. The van der Waals surface area contributed by atoms with E-state index in [-0.39, 0.29) is 5.54 Å². The van der Waals surface area contributed by atoms with Gasteiger partial charge in [-0.3, -0.25) is 4.90 Å². The van der Waals surface area contributed by atoms with Crippen LogP contribution >= 0.6 is 15.9 Å². The Morgan fingerprint density at radius 2 is 1.86 bits per heavy atom. The molecular weight excluding hydrogens is 434 g/mol. The van der Waals surface area contributed by atoms with E-state index in [1.54, 1.807) is 12.0 Å². The van der Waals surface area contributed by atoms with Crippen molar-refractivity contribution in [2.45, 2.75) is 57.5 Å². The van der Waals surface area contributed by atoms with Gasteiger partial charge in [-0.1, -0.05) is 24.3 Å². The highest BCUT2D eigenvalue weighted by atomic mass is 79.9. The molecule has 1 N–H and O–H groups in total. The number of rotatable bonds is 8. The van der Waals surface area contributed by atoms with E-state index < -0.39 is 11.6 Å². The van der Waals surface area contributed by atoms with Crippen molar-refractivity contribution in [3.8, 4) is 5.75 Å². The van der Waals surface area contributed by atoms with Crippen LogP contribution in [0.2, 0.25) is 0 Å². The molecule has 0 atom stereocenters. The number of hydrogen-bond donors (Lipinski definition) is 1. The fraction of sp³-hybridized carbons (Fsp3) is 0.522. The van der Waals surface area contributed by atoms with Gasteiger partial charge in [-0.15, -0.1) is 0 Å². The van der Waals surface area contributed by atoms with Gasteiger partial charge in [0.1, 0.15) is 5.75 Å². The molecule has 5 nitrogen and oxygen atoms in total. The molecule has 2 aromatic carbocycles. The molecule has 1 aliphatic carbocycles. The molecule has 1 aliphatic rings. The molecule has 0 unspecified atom stereocenters. The van der Waals surface area contributed by atoms with E-state index in [0.29, 0.717) is 19.6 Å². The quantitative estimate of drug-likeness (QED) is 0.497. The highest BCUT2D eigenvalue weighted by Gasteiger charge is 2.54. The molecule has 0 aliphatic heterocycles. The molecule has 0 radical (unpaired) electrons. The van der Waals surface area contributed by atoms with Gasteiger partial charge < -0.3 is 14.6 Å². The molecule has 29 heavy (non-hydrogen) atoms. The Hall–Kier alpha value is -1.79. The molecule has 1 fully saturated rings. The van der Waals surface area contributed by atoms with E-state index in [9.17, 15) is 9.90 Å². The van der Waals surface area contributed by atoms with Crippen LogP contribution in [0.1, 0.15) is 45.6 Å². The summed E-state index contributed by atoms with van der Waals surface area (Å²) in [5.74, 6) is 0.836. The second-order valence-electron chi connectivity index (χ2n) is 8.78. The highest BCUT2D eigenvalue weighted by molar-refractivity contribution is 9.10. The number of carboxylic acid groups (broad SMARTS) is 1. The third-order valence-corrected chi connectivity index (χ3v) is 6.39. The first-order valence-electron chi connectivity index (χ1n) is 10.0. The fourth-order valence-corrected chi connectivity index (χ4v) is 4.78. The summed E-state index contributed by atoms with van der Waals surface area (Å²) in [6.07, 6.45) is 2.37. The van der Waals surface area contributed by atoms with Gasteiger partial charge in [0.05, 0.1) is 12.1 Å². The third kappa shape index (κ3) is 4.69. The van der Waals surface area contributed by atoms with Gasteiger partial charge in [0, 0.05) is 35.5 Å². The Morgan fingerprint density at radius 1 is 1.21 bits per heavy atom. The number of fused-ring (bicyclic) bond motifs is 1. The summed E-state index contributed by atoms with van der Waals surface area (Å²) >= 11 is 3.78. The lowest BCUT2D eigenvalue weighted by Crippen LogP contribution is -2.53. The van der Waals surface area contributed by atoms with Crippen molar-refractivity contribution >= 4 is 32.8 Å². The maximum absolute atomic E-state index is 12.1. The molecule has 6 heteroatoms. The molecule has 2 aromatic rings. The first-order chi connectivity index (χ1) is 13.7. The molecule has 0 bridgehead atoms. The van der Waals surface area contributed by atoms with Crippen molar-refractivity contribution in [3.05, 3.63) is 40.4 Å². The van der Waals surface area contributed by atoms with Crippen LogP contribution in [0, 0.1) is 0 Å². The zero-order valence-corrected chi connectivity index (χ0v) is 19.2. The minimum atomic E-state index is -0.858. The average molecular weight is 464 g/mol. The molecule has 3 rings (SSSR count). The minimum absolute atomic E-state index is 0.359. The van der Waals surface area contributed by atoms with Crippen molar-refractivity contribution in [2.24, 2.45) is 0 Å². The van der Waals surface area contributed by atoms with Crippen LogP contribution in [0.5, 0.6) is 5.75 Å². The van der Waals surface area contributed by atoms with E-state index in [4.69, 9.17) is 9.47 Å².